The second-order valence-electron chi connectivity index (χ2n) is 12.8. The average Bonchev–Trinajstić information content (AvgIpc) is 3.02. The number of likely N-dealkylation sites (N-methyl/N-ethyl adjacent to an activating group) is 1. The van der Waals surface area contributed by atoms with E-state index >= 15 is 0 Å². The van der Waals surface area contributed by atoms with Crippen LogP contribution in [0.5, 0.6) is 0 Å². The van der Waals surface area contributed by atoms with Crippen molar-refractivity contribution in [3.8, 4) is 0 Å². The highest BCUT2D eigenvalue weighted by Gasteiger charge is 2.23. The minimum Gasteiger partial charge on any atom is -0.756 e. The standard InChI is InChI=1S/C39H67N2O6P/c1-6-8-10-12-14-16-18-19-20-21-23-25-27-29-31-33-39(43)40-37(36-47-48(44,45)46-35-34-41(3,4)5)38(42)32-30-28-26-24-22-17-15-13-11-9-7-2/h8,10-11,13-14,16,19-20,22-25,30,32,37-38,42H,6-7,9,12,15,17-18,21,26-29,31,33-36H2,1-5H3,(H-,40,43,44,45)/b10-8-,13-11+,16-14-,20-19-,24-22+,25-23-,32-30+. The molecule has 0 bridgehead atoms. The molecule has 1 amide bonds. The van der Waals surface area contributed by atoms with Crippen LogP contribution in [-0.2, 0) is 18.4 Å². The van der Waals surface area contributed by atoms with Crippen LogP contribution in [0.3, 0.4) is 0 Å². The van der Waals surface area contributed by atoms with Gasteiger partial charge >= 0.3 is 0 Å². The van der Waals surface area contributed by atoms with Crippen LogP contribution < -0.4 is 10.2 Å². The van der Waals surface area contributed by atoms with Gasteiger partial charge in [-0.1, -0.05) is 105 Å². The largest absolute Gasteiger partial charge is 0.756 e. The van der Waals surface area contributed by atoms with Crippen molar-refractivity contribution in [2.24, 2.45) is 0 Å². The third-order valence-corrected chi connectivity index (χ3v) is 8.01. The molecule has 0 spiro atoms. The van der Waals surface area contributed by atoms with Crippen LogP contribution in [0.25, 0.3) is 0 Å². The van der Waals surface area contributed by atoms with E-state index in [1.807, 2.05) is 27.2 Å². The first-order valence-corrected chi connectivity index (χ1v) is 19.4. The molecule has 0 aromatic heterocycles. The zero-order valence-electron chi connectivity index (χ0n) is 30.6. The molecule has 0 aliphatic heterocycles. The summed E-state index contributed by atoms with van der Waals surface area (Å²) in [6.45, 7) is 4.33. The summed E-state index contributed by atoms with van der Waals surface area (Å²) in [5, 5.41) is 13.6. The van der Waals surface area contributed by atoms with Gasteiger partial charge in [-0.05, 0) is 77.0 Å². The maximum absolute atomic E-state index is 12.7. The van der Waals surface area contributed by atoms with E-state index in [2.05, 4.69) is 92.1 Å². The van der Waals surface area contributed by atoms with Crippen LogP contribution in [-0.4, -0.2) is 68.5 Å². The molecule has 9 heteroatoms. The summed E-state index contributed by atoms with van der Waals surface area (Å²) < 4.78 is 23.0. The fourth-order valence-corrected chi connectivity index (χ4v) is 4.90. The first-order valence-electron chi connectivity index (χ1n) is 17.9. The van der Waals surface area contributed by atoms with Crippen molar-refractivity contribution in [1.82, 2.24) is 5.32 Å². The summed E-state index contributed by atoms with van der Waals surface area (Å²) in [4.78, 5) is 25.1. The number of hydrogen-bond donors (Lipinski definition) is 2. The molecule has 0 heterocycles. The molecular weight excluding hydrogens is 623 g/mol. The molecule has 0 saturated heterocycles. The quantitative estimate of drug-likeness (QED) is 0.0339. The number of unbranched alkanes of at least 4 members (excludes halogenated alkanes) is 5. The van der Waals surface area contributed by atoms with Gasteiger partial charge in [-0.15, -0.1) is 0 Å². The lowest BCUT2D eigenvalue weighted by Crippen LogP contribution is -2.45. The van der Waals surface area contributed by atoms with E-state index in [-0.39, 0.29) is 18.9 Å². The summed E-state index contributed by atoms with van der Waals surface area (Å²) in [7, 11) is 1.18. The van der Waals surface area contributed by atoms with Crippen molar-refractivity contribution in [3.05, 3.63) is 85.1 Å². The topological polar surface area (TPSA) is 108 Å². The molecule has 0 fully saturated rings. The number of carbonyl (C=O) groups is 1. The van der Waals surface area contributed by atoms with E-state index in [0.29, 0.717) is 23.9 Å². The number of carbonyl (C=O) groups excluding carboxylic acids is 1. The Morgan fingerprint density at radius 2 is 1.27 bits per heavy atom. The van der Waals surface area contributed by atoms with Crippen molar-refractivity contribution < 1.29 is 32.9 Å². The normalized spacial score (nSPS) is 15.7. The molecule has 8 nitrogen and oxygen atoms in total. The Labute approximate surface area is 293 Å². The minimum atomic E-state index is -4.60. The average molecular weight is 691 g/mol. The van der Waals surface area contributed by atoms with Crippen molar-refractivity contribution in [2.75, 3.05) is 40.9 Å². The lowest BCUT2D eigenvalue weighted by Gasteiger charge is -2.29. The van der Waals surface area contributed by atoms with Gasteiger partial charge in [0.25, 0.3) is 7.82 Å². The smallest absolute Gasteiger partial charge is 0.268 e. The number of nitrogens with one attached hydrogen (secondary N) is 1. The van der Waals surface area contributed by atoms with E-state index in [9.17, 15) is 19.4 Å². The highest BCUT2D eigenvalue weighted by molar-refractivity contribution is 7.45. The van der Waals surface area contributed by atoms with Gasteiger partial charge in [0.1, 0.15) is 13.2 Å². The van der Waals surface area contributed by atoms with Gasteiger partial charge < -0.3 is 28.8 Å². The summed E-state index contributed by atoms with van der Waals surface area (Å²) in [6.07, 6.45) is 40.7. The van der Waals surface area contributed by atoms with Crippen molar-refractivity contribution >= 4 is 13.7 Å². The predicted octanol–water partition coefficient (Wildman–Crippen LogP) is 8.43. The first kappa shape index (κ1) is 45.7. The fourth-order valence-electron chi connectivity index (χ4n) is 4.18. The van der Waals surface area contributed by atoms with Crippen LogP contribution in [0.2, 0.25) is 0 Å². The number of phosphoric acid groups is 1. The molecule has 48 heavy (non-hydrogen) atoms. The molecule has 0 aromatic carbocycles. The number of aliphatic hydroxyl groups is 1. The molecule has 2 N–H and O–H groups in total. The number of allylic oxidation sites excluding steroid dienone is 13. The molecule has 0 saturated carbocycles. The Bertz CT molecular complexity index is 1060. The Morgan fingerprint density at radius 1 is 0.750 bits per heavy atom. The van der Waals surface area contributed by atoms with Crippen molar-refractivity contribution in [2.45, 2.75) is 116 Å². The lowest BCUT2D eigenvalue weighted by atomic mass is 10.1. The van der Waals surface area contributed by atoms with Gasteiger partial charge in [0, 0.05) is 6.42 Å². The van der Waals surface area contributed by atoms with Crippen molar-refractivity contribution in [1.29, 1.82) is 0 Å². The summed E-state index contributed by atoms with van der Waals surface area (Å²) in [5.74, 6) is -0.260. The molecule has 0 aliphatic carbocycles. The fraction of sp³-hybridized carbons (Fsp3) is 0.615. The van der Waals surface area contributed by atoms with Crippen LogP contribution in [0.1, 0.15) is 104 Å². The van der Waals surface area contributed by atoms with Gasteiger partial charge in [0.2, 0.25) is 5.91 Å². The number of phosphoric ester groups is 1. The van der Waals surface area contributed by atoms with Crippen LogP contribution in [0, 0.1) is 0 Å². The third-order valence-electron chi connectivity index (χ3n) is 7.05. The molecule has 0 aliphatic rings. The highest BCUT2D eigenvalue weighted by atomic mass is 31.2. The van der Waals surface area contributed by atoms with Gasteiger partial charge in [0.05, 0.1) is 39.9 Å². The van der Waals surface area contributed by atoms with Crippen LogP contribution in [0.4, 0.5) is 0 Å². The summed E-state index contributed by atoms with van der Waals surface area (Å²) in [5.41, 5.74) is 0. The summed E-state index contributed by atoms with van der Waals surface area (Å²) >= 11 is 0. The van der Waals surface area contributed by atoms with E-state index in [1.54, 1.807) is 6.08 Å². The number of quaternary nitrogens is 1. The number of amides is 1. The molecule has 3 unspecified atom stereocenters. The lowest BCUT2D eigenvalue weighted by molar-refractivity contribution is -0.870. The SMILES string of the molecule is CC/C=C\C/C=C\C/C=C\C/C=C\CCCCC(=O)NC(COP(=O)([O-])OCC[N+](C)(C)C)C(O)/C=C/CC/C=C/CC/C=C/CCC. The second-order valence-corrected chi connectivity index (χ2v) is 14.2. The third kappa shape index (κ3) is 32.2. The maximum Gasteiger partial charge on any atom is 0.268 e. The number of aliphatic hydroxyl groups excluding tert-OH is 1. The Balaban J connectivity index is 4.73. The van der Waals surface area contributed by atoms with Crippen molar-refractivity contribution in [3.63, 3.8) is 0 Å². The van der Waals surface area contributed by atoms with Gasteiger partial charge in [-0.25, -0.2) is 0 Å². The monoisotopic (exact) mass is 690 g/mol. The Kier molecular flexibility index (Phi) is 29.2. The van der Waals surface area contributed by atoms with E-state index < -0.39 is 26.6 Å². The second kappa shape index (κ2) is 30.7. The Morgan fingerprint density at radius 3 is 1.83 bits per heavy atom. The van der Waals surface area contributed by atoms with Gasteiger partial charge in [-0.2, -0.15) is 0 Å². The minimum absolute atomic E-state index is 0.0222. The van der Waals surface area contributed by atoms with Gasteiger partial charge in [-0.3, -0.25) is 9.36 Å². The molecule has 0 aromatic rings. The summed E-state index contributed by atoms with van der Waals surface area (Å²) in [6, 6.07) is -0.933. The predicted molar refractivity (Wildman–Crippen MR) is 200 cm³/mol. The highest BCUT2D eigenvalue weighted by Crippen LogP contribution is 2.38. The van der Waals surface area contributed by atoms with Gasteiger partial charge in [0.15, 0.2) is 0 Å². The number of nitrogens with zero attached hydrogens (tertiary/aromatic N) is 1. The zero-order chi connectivity index (χ0) is 35.8. The van der Waals surface area contributed by atoms with Crippen LogP contribution in [0.15, 0.2) is 85.1 Å². The number of rotatable bonds is 30. The Hall–Kier alpha value is -2.32. The van der Waals surface area contributed by atoms with Crippen LogP contribution >= 0.6 is 7.82 Å². The zero-order valence-corrected chi connectivity index (χ0v) is 31.5. The van der Waals surface area contributed by atoms with E-state index in [4.69, 9.17) is 9.05 Å². The first-order chi connectivity index (χ1) is 23.0. The molecule has 3 atom stereocenters. The van der Waals surface area contributed by atoms with E-state index in [1.165, 1.54) is 0 Å². The molecule has 274 valence electrons. The molecule has 0 radical (unpaired) electrons. The number of hydrogen-bond acceptors (Lipinski definition) is 6. The maximum atomic E-state index is 12.7. The van der Waals surface area contributed by atoms with E-state index in [0.717, 1.165) is 70.6 Å². The molecular formula is C39H67N2O6P. The molecule has 0 rings (SSSR count).